The minimum Gasteiger partial charge on any atom is -0.481 e. The van der Waals surface area contributed by atoms with Crippen LogP contribution in [0.2, 0.25) is 0 Å². The highest BCUT2D eigenvalue weighted by Gasteiger charge is 2.19. The molecule has 236 valence electrons. The number of carbonyl (C=O) groups excluding carboxylic acids is 4. The van der Waals surface area contributed by atoms with Crippen molar-refractivity contribution >= 4 is 35.6 Å². The van der Waals surface area contributed by atoms with Gasteiger partial charge in [0.25, 0.3) is 0 Å². The monoisotopic (exact) mass is 588 g/mol. The first-order valence-electron chi connectivity index (χ1n) is 14.3. The molecule has 1 atom stereocenters. The Morgan fingerprint density at radius 1 is 0.561 bits per heavy atom. The van der Waals surface area contributed by atoms with Gasteiger partial charge in [0.2, 0.25) is 23.6 Å². The lowest BCUT2D eigenvalue weighted by Gasteiger charge is -2.14. The smallest absolute Gasteiger partial charge is 0.303 e. The number of ether oxygens (including phenoxy) is 2. The van der Waals surface area contributed by atoms with Crippen molar-refractivity contribution in [2.24, 2.45) is 5.73 Å². The highest BCUT2D eigenvalue weighted by atomic mass is 16.5. The first kappa shape index (κ1) is 37.7. The van der Waals surface area contributed by atoms with Crippen molar-refractivity contribution < 1.29 is 48.5 Å². The molecule has 0 aromatic heterocycles. The number of aliphatic carboxylic acids is 2. The number of unbranched alkanes of at least 4 members (excludes halogenated alkanes) is 4. The van der Waals surface area contributed by atoms with Gasteiger partial charge in [-0.05, 0) is 44.9 Å². The van der Waals surface area contributed by atoms with Crippen LogP contribution in [0.5, 0.6) is 0 Å². The van der Waals surface area contributed by atoms with Gasteiger partial charge in [-0.1, -0.05) is 12.8 Å². The molecule has 14 heteroatoms. The minimum atomic E-state index is -1.11. The summed E-state index contributed by atoms with van der Waals surface area (Å²) in [7, 11) is 0. The van der Waals surface area contributed by atoms with Gasteiger partial charge in [0.15, 0.2) is 0 Å². The Morgan fingerprint density at radius 3 is 1.54 bits per heavy atom. The molecule has 0 aliphatic rings. The number of carboxylic acid groups (broad SMARTS) is 2. The van der Waals surface area contributed by atoms with Crippen LogP contribution in [-0.2, 0) is 38.2 Å². The molecule has 0 saturated heterocycles. The van der Waals surface area contributed by atoms with Crippen LogP contribution in [-0.4, -0.2) is 91.3 Å². The summed E-state index contributed by atoms with van der Waals surface area (Å²) in [5.41, 5.74) is 5.16. The lowest BCUT2D eigenvalue weighted by atomic mass is 10.1. The number of hydrogen-bond donors (Lipinski definition) is 6. The summed E-state index contributed by atoms with van der Waals surface area (Å²) in [6, 6.07) is -1.09. The molecule has 0 heterocycles. The predicted octanol–water partition coefficient (Wildman–Crippen LogP) is 0.853. The van der Waals surface area contributed by atoms with Gasteiger partial charge < -0.3 is 41.4 Å². The molecule has 41 heavy (non-hydrogen) atoms. The fraction of sp³-hybridized carbons (Fsp3) is 0.778. The van der Waals surface area contributed by atoms with E-state index in [0.717, 1.165) is 38.5 Å². The van der Waals surface area contributed by atoms with Crippen LogP contribution in [0.25, 0.3) is 0 Å². The Labute approximate surface area is 241 Å². The Kier molecular flexibility index (Phi) is 23.6. The number of carboxylic acids is 2. The lowest BCUT2D eigenvalue weighted by Crippen LogP contribution is -2.44. The van der Waals surface area contributed by atoms with Gasteiger partial charge in [0.1, 0.15) is 6.04 Å². The summed E-state index contributed by atoms with van der Waals surface area (Å²) < 4.78 is 11.1. The third-order valence-electron chi connectivity index (χ3n) is 5.85. The van der Waals surface area contributed by atoms with E-state index in [0.29, 0.717) is 58.8 Å². The summed E-state index contributed by atoms with van der Waals surface area (Å²) in [5.74, 6) is -3.58. The average Bonchev–Trinajstić information content (AvgIpc) is 2.91. The van der Waals surface area contributed by atoms with Crippen LogP contribution in [0.4, 0.5) is 0 Å². The zero-order valence-corrected chi connectivity index (χ0v) is 24.0. The summed E-state index contributed by atoms with van der Waals surface area (Å²) in [6.45, 7) is 3.19. The molecule has 0 aromatic rings. The average molecular weight is 589 g/mol. The van der Waals surface area contributed by atoms with E-state index in [1.54, 1.807) is 0 Å². The summed E-state index contributed by atoms with van der Waals surface area (Å²) in [5, 5.41) is 25.1. The molecule has 0 saturated carbocycles. The molecule has 0 radical (unpaired) electrons. The maximum atomic E-state index is 11.9. The van der Waals surface area contributed by atoms with Gasteiger partial charge in [-0.3, -0.25) is 28.8 Å². The van der Waals surface area contributed by atoms with Gasteiger partial charge in [-0.15, -0.1) is 0 Å². The molecule has 0 unspecified atom stereocenters. The van der Waals surface area contributed by atoms with Crippen molar-refractivity contribution in [1.82, 2.24) is 16.0 Å². The molecule has 0 spiro atoms. The molecule has 0 aliphatic carbocycles. The minimum absolute atomic E-state index is 0.00818. The Hall–Kier alpha value is -3.26. The van der Waals surface area contributed by atoms with Crippen LogP contribution in [0.1, 0.15) is 89.9 Å². The second kappa shape index (κ2) is 25.7. The highest BCUT2D eigenvalue weighted by Crippen LogP contribution is 2.05. The van der Waals surface area contributed by atoms with Gasteiger partial charge in [-0.25, -0.2) is 0 Å². The molecule has 0 aromatic carbocycles. The molecule has 0 bridgehead atoms. The van der Waals surface area contributed by atoms with Crippen molar-refractivity contribution in [3.05, 3.63) is 0 Å². The highest BCUT2D eigenvalue weighted by molar-refractivity contribution is 5.88. The van der Waals surface area contributed by atoms with E-state index in [-0.39, 0.29) is 43.9 Å². The number of carbonyl (C=O) groups is 6. The number of nitrogens with two attached hydrogens (primary N) is 1. The van der Waals surface area contributed by atoms with E-state index in [1.165, 1.54) is 0 Å². The predicted molar refractivity (Wildman–Crippen MR) is 149 cm³/mol. The summed E-state index contributed by atoms with van der Waals surface area (Å²) in [6.07, 6.45) is 6.12. The normalized spacial score (nSPS) is 11.4. The van der Waals surface area contributed by atoms with Crippen molar-refractivity contribution in [3.8, 4) is 0 Å². The van der Waals surface area contributed by atoms with Crippen LogP contribution >= 0.6 is 0 Å². The number of hydrogen-bond acceptors (Lipinski definition) is 8. The zero-order chi connectivity index (χ0) is 30.7. The number of rotatable bonds is 28. The largest absolute Gasteiger partial charge is 0.481 e. The quantitative estimate of drug-likeness (QED) is 0.0707. The molecular formula is C27H48N4O10. The summed E-state index contributed by atoms with van der Waals surface area (Å²) in [4.78, 5) is 67.8. The molecular weight excluding hydrogens is 540 g/mol. The second-order valence-electron chi connectivity index (χ2n) is 9.60. The fourth-order valence-electron chi connectivity index (χ4n) is 3.56. The fourth-order valence-corrected chi connectivity index (χ4v) is 3.56. The van der Waals surface area contributed by atoms with Crippen molar-refractivity contribution in [2.45, 2.75) is 95.9 Å². The first-order valence-corrected chi connectivity index (χ1v) is 14.3. The van der Waals surface area contributed by atoms with Crippen LogP contribution in [0.3, 0.4) is 0 Å². The van der Waals surface area contributed by atoms with Crippen LogP contribution in [0.15, 0.2) is 0 Å². The van der Waals surface area contributed by atoms with Gasteiger partial charge >= 0.3 is 11.9 Å². The van der Waals surface area contributed by atoms with E-state index in [4.69, 9.17) is 25.4 Å². The van der Waals surface area contributed by atoms with Crippen molar-refractivity contribution in [1.29, 1.82) is 0 Å². The lowest BCUT2D eigenvalue weighted by molar-refractivity contribution is -0.138. The van der Waals surface area contributed by atoms with Crippen molar-refractivity contribution in [2.75, 3.05) is 39.5 Å². The van der Waals surface area contributed by atoms with E-state index in [9.17, 15) is 28.8 Å². The third kappa shape index (κ3) is 26.7. The topological polar surface area (TPSA) is 223 Å². The van der Waals surface area contributed by atoms with E-state index < -0.39 is 29.8 Å². The standard InChI is InChI=1S/C27H48N4O10/c28-27(39)21(11-14-26(37)38)31-24(34)13-12-23(33)30-16-8-20-41-18-6-5-17-40-19-7-15-29-22(32)9-3-1-2-4-10-25(35)36/h21H,1-20H2,(H2,28,39)(H,29,32)(H,30,33)(H,31,34)(H,35,36)(H,37,38)/t21-/m0/s1. The van der Waals surface area contributed by atoms with Gasteiger partial charge in [0, 0.05) is 71.6 Å². The molecule has 0 fully saturated rings. The second-order valence-corrected chi connectivity index (χ2v) is 9.60. The van der Waals surface area contributed by atoms with Crippen molar-refractivity contribution in [3.63, 3.8) is 0 Å². The van der Waals surface area contributed by atoms with E-state index >= 15 is 0 Å². The van der Waals surface area contributed by atoms with Crippen LogP contribution in [0, 0.1) is 0 Å². The number of nitrogens with one attached hydrogen (secondary N) is 3. The maximum absolute atomic E-state index is 11.9. The molecule has 7 N–H and O–H groups in total. The van der Waals surface area contributed by atoms with Gasteiger partial charge in [0.05, 0.1) is 0 Å². The molecule has 4 amide bonds. The Morgan fingerprint density at radius 2 is 1.02 bits per heavy atom. The molecule has 0 rings (SSSR count). The Bertz CT molecular complexity index is 794. The number of amides is 4. The zero-order valence-electron chi connectivity index (χ0n) is 24.0. The third-order valence-corrected chi connectivity index (χ3v) is 5.85. The molecule has 14 nitrogen and oxygen atoms in total. The number of primary amides is 1. The SMILES string of the molecule is NC(=O)[C@H](CCC(=O)O)NC(=O)CCC(=O)NCCCOCCCCOCCCNC(=O)CCCCCCC(=O)O. The Balaban J connectivity index is 3.50. The summed E-state index contributed by atoms with van der Waals surface area (Å²) >= 11 is 0. The van der Waals surface area contributed by atoms with E-state index in [2.05, 4.69) is 16.0 Å². The van der Waals surface area contributed by atoms with Crippen LogP contribution < -0.4 is 21.7 Å². The molecule has 0 aliphatic heterocycles. The van der Waals surface area contributed by atoms with E-state index in [1.807, 2.05) is 0 Å². The maximum Gasteiger partial charge on any atom is 0.303 e. The first-order chi connectivity index (χ1) is 19.6. The van der Waals surface area contributed by atoms with Gasteiger partial charge in [-0.2, -0.15) is 0 Å².